The van der Waals surface area contributed by atoms with Crippen molar-refractivity contribution in [2.24, 2.45) is 5.92 Å². The Balaban J connectivity index is 1.95. The van der Waals surface area contributed by atoms with Gasteiger partial charge >= 0.3 is 0 Å². The highest BCUT2D eigenvalue weighted by Crippen LogP contribution is 2.27. The first-order chi connectivity index (χ1) is 10.6. The molecular weight excluding hydrogens is 278 g/mol. The van der Waals surface area contributed by atoms with Gasteiger partial charge in [0.05, 0.1) is 17.7 Å². The number of pyridine rings is 1. The zero-order valence-corrected chi connectivity index (χ0v) is 13.2. The lowest BCUT2D eigenvalue weighted by molar-refractivity contribution is -0.133. The summed E-state index contributed by atoms with van der Waals surface area (Å²) >= 11 is 0. The summed E-state index contributed by atoms with van der Waals surface area (Å²) in [6.45, 7) is 4.17. The average molecular weight is 301 g/mol. The van der Waals surface area contributed by atoms with E-state index in [4.69, 9.17) is 10.00 Å². The monoisotopic (exact) mass is 301 g/mol. The van der Waals surface area contributed by atoms with Crippen LogP contribution in [-0.4, -0.2) is 23.1 Å². The van der Waals surface area contributed by atoms with Crippen LogP contribution in [0.4, 0.5) is 5.82 Å². The van der Waals surface area contributed by atoms with Gasteiger partial charge in [0.15, 0.2) is 0 Å². The van der Waals surface area contributed by atoms with Crippen LogP contribution in [0, 0.1) is 17.2 Å². The highest BCUT2D eigenvalue weighted by molar-refractivity contribution is 5.93. The molecule has 22 heavy (non-hydrogen) atoms. The average Bonchev–Trinajstić information content (AvgIpc) is 2.52. The molecule has 0 aliphatic heterocycles. The van der Waals surface area contributed by atoms with Crippen LogP contribution in [0.2, 0.25) is 0 Å². The minimum Gasteiger partial charge on any atom is -0.365 e. The number of amides is 1. The van der Waals surface area contributed by atoms with Crippen LogP contribution in [0.5, 0.6) is 0 Å². The molecule has 1 aromatic heterocycles. The number of carbonyl (C=O) groups is 1. The van der Waals surface area contributed by atoms with Crippen molar-refractivity contribution in [1.82, 2.24) is 4.98 Å². The zero-order valence-electron chi connectivity index (χ0n) is 13.2. The third-order valence-corrected chi connectivity index (χ3v) is 4.05. The zero-order chi connectivity index (χ0) is 15.9. The molecule has 0 bridgehead atoms. The van der Waals surface area contributed by atoms with E-state index in [0.717, 1.165) is 19.3 Å². The first-order valence-corrected chi connectivity index (χ1v) is 7.94. The number of ether oxygens (including phenoxy) is 1. The van der Waals surface area contributed by atoms with E-state index in [0.29, 0.717) is 23.7 Å². The van der Waals surface area contributed by atoms with Gasteiger partial charge in [-0.25, -0.2) is 4.98 Å². The van der Waals surface area contributed by atoms with Crippen LogP contribution < -0.4 is 5.32 Å². The summed E-state index contributed by atoms with van der Waals surface area (Å²) in [5, 5.41) is 11.6. The van der Waals surface area contributed by atoms with Crippen molar-refractivity contribution in [3.63, 3.8) is 0 Å². The fourth-order valence-electron chi connectivity index (χ4n) is 2.85. The molecule has 1 aliphatic rings. The molecule has 2 rings (SSSR count). The Morgan fingerprint density at radius 3 is 3.09 bits per heavy atom. The molecule has 3 unspecified atom stereocenters. The molecule has 0 saturated heterocycles. The maximum Gasteiger partial charge on any atom is 0.254 e. The van der Waals surface area contributed by atoms with Crippen LogP contribution >= 0.6 is 0 Å². The number of aromatic nitrogens is 1. The minimum absolute atomic E-state index is 0.165. The molecule has 0 spiro atoms. The maximum absolute atomic E-state index is 12.3. The number of anilines is 1. The van der Waals surface area contributed by atoms with E-state index in [1.54, 1.807) is 12.1 Å². The molecule has 1 N–H and O–H groups in total. The van der Waals surface area contributed by atoms with Crippen LogP contribution in [0.1, 0.15) is 51.5 Å². The third-order valence-electron chi connectivity index (χ3n) is 4.05. The maximum atomic E-state index is 12.3. The molecule has 0 radical (unpaired) electrons. The molecule has 3 atom stereocenters. The molecule has 1 heterocycles. The lowest BCUT2D eigenvalue weighted by atomic mass is 9.88. The quantitative estimate of drug-likeness (QED) is 0.905. The van der Waals surface area contributed by atoms with E-state index in [1.165, 1.54) is 12.6 Å². The van der Waals surface area contributed by atoms with E-state index in [2.05, 4.69) is 17.2 Å². The third kappa shape index (κ3) is 4.54. The molecule has 1 fully saturated rings. The van der Waals surface area contributed by atoms with Gasteiger partial charge in [0.25, 0.3) is 5.91 Å². The first kappa shape index (κ1) is 16.4. The predicted molar refractivity (Wildman–Crippen MR) is 84.2 cm³/mol. The Labute approximate surface area is 131 Å². The minimum atomic E-state index is -0.470. The molecule has 0 aromatic carbocycles. The Morgan fingerprint density at radius 1 is 1.59 bits per heavy atom. The van der Waals surface area contributed by atoms with E-state index < -0.39 is 6.10 Å². The fraction of sp³-hybridized carbons (Fsp3) is 0.588. The summed E-state index contributed by atoms with van der Waals surface area (Å²) in [6, 6.07) is 5.20. The van der Waals surface area contributed by atoms with Gasteiger partial charge in [-0.3, -0.25) is 4.79 Å². The second-order valence-corrected chi connectivity index (χ2v) is 5.96. The summed E-state index contributed by atoms with van der Waals surface area (Å²) in [5.74, 6) is 0.861. The number of nitrogens with one attached hydrogen (secondary N) is 1. The van der Waals surface area contributed by atoms with Crippen molar-refractivity contribution in [3.8, 4) is 6.07 Å². The van der Waals surface area contributed by atoms with Crippen molar-refractivity contribution in [3.05, 3.63) is 23.9 Å². The molecule has 5 nitrogen and oxygen atoms in total. The Bertz CT molecular complexity index is 553. The van der Waals surface area contributed by atoms with E-state index in [-0.39, 0.29) is 12.0 Å². The van der Waals surface area contributed by atoms with Gasteiger partial charge in [0, 0.05) is 6.20 Å². The molecule has 118 valence electrons. The number of nitrogens with zero attached hydrogens (tertiary/aromatic N) is 2. The van der Waals surface area contributed by atoms with Gasteiger partial charge in [0.1, 0.15) is 11.9 Å². The molecule has 1 amide bonds. The van der Waals surface area contributed by atoms with Crippen molar-refractivity contribution >= 4 is 11.7 Å². The van der Waals surface area contributed by atoms with E-state index in [1.807, 2.05) is 13.0 Å². The summed E-state index contributed by atoms with van der Waals surface area (Å²) in [6.07, 6.45) is 6.28. The fourth-order valence-corrected chi connectivity index (χ4v) is 2.85. The van der Waals surface area contributed by atoms with Gasteiger partial charge in [-0.1, -0.05) is 26.7 Å². The molecule has 1 aromatic rings. The number of nitriles is 1. The van der Waals surface area contributed by atoms with E-state index in [9.17, 15) is 4.79 Å². The number of rotatable bonds is 5. The highest BCUT2D eigenvalue weighted by atomic mass is 16.5. The topological polar surface area (TPSA) is 75.0 Å². The van der Waals surface area contributed by atoms with Crippen molar-refractivity contribution < 1.29 is 9.53 Å². The van der Waals surface area contributed by atoms with Crippen molar-refractivity contribution in [2.75, 3.05) is 5.32 Å². The Morgan fingerprint density at radius 2 is 2.41 bits per heavy atom. The summed E-state index contributed by atoms with van der Waals surface area (Å²) in [7, 11) is 0. The van der Waals surface area contributed by atoms with Gasteiger partial charge in [0.2, 0.25) is 0 Å². The first-order valence-electron chi connectivity index (χ1n) is 7.94. The van der Waals surface area contributed by atoms with Crippen molar-refractivity contribution in [2.45, 2.75) is 58.2 Å². The lowest BCUT2D eigenvalue weighted by Crippen LogP contribution is -2.35. The normalized spacial score (nSPS) is 22.6. The number of carbonyl (C=O) groups excluding carboxylic acids is 1. The predicted octanol–water partition coefficient (Wildman–Crippen LogP) is 3.27. The number of hydrogen-bond acceptors (Lipinski definition) is 4. The van der Waals surface area contributed by atoms with Gasteiger partial charge in [-0.2, -0.15) is 5.26 Å². The summed E-state index contributed by atoms with van der Waals surface area (Å²) in [5.41, 5.74) is 0.473. The SMILES string of the molecule is CCC(OC1CCCC(C)C1)C(=O)Nc1cc(C#N)ccn1. The van der Waals surface area contributed by atoms with Crippen LogP contribution in [0.3, 0.4) is 0 Å². The van der Waals surface area contributed by atoms with Gasteiger partial charge in [-0.05, 0) is 37.3 Å². The van der Waals surface area contributed by atoms with Crippen molar-refractivity contribution in [1.29, 1.82) is 5.26 Å². The van der Waals surface area contributed by atoms with Crippen LogP contribution in [0.25, 0.3) is 0 Å². The standard InChI is InChI=1S/C17H23N3O2/c1-3-15(22-14-6-4-5-12(2)9-14)17(21)20-16-10-13(11-18)7-8-19-16/h7-8,10,12,14-15H,3-6,9H2,1-2H3,(H,19,20,21). The second-order valence-electron chi connectivity index (χ2n) is 5.96. The summed E-state index contributed by atoms with van der Waals surface area (Å²) < 4.78 is 6.00. The highest BCUT2D eigenvalue weighted by Gasteiger charge is 2.26. The van der Waals surface area contributed by atoms with Gasteiger partial charge in [-0.15, -0.1) is 0 Å². The smallest absolute Gasteiger partial charge is 0.254 e. The second kappa shape index (κ2) is 7.90. The number of hydrogen-bond donors (Lipinski definition) is 1. The molecular formula is C17H23N3O2. The lowest BCUT2D eigenvalue weighted by Gasteiger charge is -2.29. The largest absolute Gasteiger partial charge is 0.365 e. The van der Waals surface area contributed by atoms with Crippen LogP contribution in [0.15, 0.2) is 18.3 Å². The molecule has 1 saturated carbocycles. The summed E-state index contributed by atoms with van der Waals surface area (Å²) in [4.78, 5) is 16.4. The van der Waals surface area contributed by atoms with Gasteiger partial charge < -0.3 is 10.1 Å². The van der Waals surface area contributed by atoms with Crippen LogP contribution in [-0.2, 0) is 9.53 Å². The molecule has 5 heteroatoms. The van der Waals surface area contributed by atoms with E-state index >= 15 is 0 Å². The molecule has 1 aliphatic carbocycles. The Kier molecular flexibility index (Phi) is 5.91. The Hall–Kier alpha value is -1.93.